The molecule has 0 saturated carbocycles. The van der Waals surface area contributed by atoms with Crippen LogP contribution in [0.3, 0.4) is 0 Å². The second-order valence-electron chi connectivity index (χ2n) is 7.35. The van der Waals surface area contributed by atoms with Crippen LogP contribution in [0.1, 0.15) is 37.0 Å². The number of rotatable bonds is 8. The Morgan fingerprint density at radius 1 is 1.09 bits per heavy atom. The van der Waals surface area contributed by atoms with E-state index in [0.29, 0.717) is 21.8 Å². The van der Waals surface area contributed by atoms with Gasteiger partial charge in [0.2, 0.25) is 5.95 Å². The van der Waals surface area contributed by atoms with Gasteiger partial charge in [-0.3, -0.25) is 9.59 Å². The number of phenols is 1. The average molecular weight is 494 g/mol. The van der Waals surface area contributed by atoms with Crippen molar-refractivity contribution in [3.05, 3.63) is 69.2 Å². The zero-order valence-electron chi connectivity index (χ0n) is 19.0. The summed E-state index contributed by atoms with van der Waals surface area (Å²) in [5, 5.41) is 28.6. The molecule has 1 atom stereocenters. The minimum absolute atomic E-state index is 0.128. The van der Waals surface area contributed by atoms with Crippen LogP contribution in [-0.4, -0.2) is 57.1 Å². The molecule has 2 amide bonds. The molecule has 35 heavy (non-hydrogen) atoms. The molecule has 3 rings (SSSR count). The molecule has 0 spiro atoms. The third-order valence-corrected chi connectivity index (χ3v) is 5.60. The van der Waals surface area contributed by atoms with Crippen LogP contribution in [0, 0.1) is 25.7 Å². The van der Waals surface area contributed by atoms with Crippen LogP contribution in [-0.2, 0) is 4.79 Å². The molecular weight excluding hydrogens is 470 g/mol. The Kier molecular flexibility index (Phi) is 8.37. The van der Waals surface area contributed by atoms with Crippen LogP contribution in [0.5, 0.6) is 5.75 Å². The number of nitrogens with zero attached hydrogens (tertiary/aromatic N) is 2. The van der Waals surface area contributed by atoms with Gasteiger partial charge in [0.25, 0.3) is 11.8 Å². The van der Waals surface area contributed by atoms with Crippen LogP contribution in [0.15, 0.2) is 41.8 Å². The maximum Gasteiger partial charge on any atom is 0.328 e. The maximum atomic E-state index is 12.8. The Morgan fingerprint density at radius 2 is 1.83 bits per heavy atom. The molecule has 1 aromatic carbocycles. The Bertz CT molecular complexity index is 1270. The molecule has 0 bridgehead atoms. The van der Waals surface area contributed by atoms with Crippen molar-refractivity contribution in [1.29, 1.82) is 0 Å². The molecule has 0 aliphatic heterocycles. The average Bonchev–Trinajstić information content (AvgIpc) is 3.34. The lowest BCUT2D eigenvalue weighted by Crippen LogP contribution is -2.48. The first kappa shape index (κ1) is 25.2. The molecule has 11 heteroatoms. The van der Waals surface area contributed by atoms with Crippen molar-refractivity contribution in [3.63, 3.8) is 0 Å². The summed E-state index contributed by atoms with van der Waals surface area (Å²) in [6, 6.07) is 8.55. The number of nitrogens with one attached hydrogen (secondary N) is 3. The first-order valence-electron chi connectivity index (χ1n) is 10.5. The summed E-state index contributed by atoms with van der Waals surface area (Å²) in [6.45, 7) is 3.17. The fourth-order valence-corrected chi connectivity index (χ4v) is 3.74. The fourth-order valence-electron chi connectivity index (χ4n) is 3.10. The second kappa shape index (κ2) is 11.6. The zero-order chi connectivity index (χ0) is 25.4. The van der Waals surface area contributed by atoms with Gasteiger partial charge in [-0.05, 0) is 43.5 Å². The van der Waals surface area contributed by atoms with Crippen LogP contribution < -0.4 is 16.0 Å². The number of phenolic OH excluding ortho intramolecular Hbond substituents is 1. The van der Waals surface area contributed by atoms with Crippen molar-refractivity contribution in [2.45, 2.75) is 19.9 Å². The van der Waals surface area contributed by atoms with E-state index in [1.807, 2.05) is 0 Å². The highest BCUT2D eigenvalue weighted by Gasteiger charge is 2.24. The third kappa shape index (κ3) is 7.02. The number of anilines is 1. The molecule has 0 fully saturated rings. The topological polar surface area (TPSA) is 154 Å². The second-order valence-corrected chi connectivity index (χ2v) is 8.30. The number of aromatic nitrogens is 2. The number of amides is 2. The lowest BCUT2D eigenvalue weighted by molar-refractivity contribution is -0.139. The summed E-state index contributed by atoms with van der Waals surface area (Å²) in [5.41, 5.74) is 1.51. The molecule has 0 aliphatic rings. The summed E-state index contributed by atoms with van der Waals surface area (Å²) in [5.74, 6) is 3.82. The van der Waals surface area contributed by atoms with E-state index in [4.69, 9.17) is 0 Å². The first-order chi connectivity index (χ1) is 16.7. The Balaban J connectivity index is 1.62. The molecule has 0 aliphatic carbocycles. The lowest BCUT2D eigenvalue weighted by atomic mass is 10.1. The van der Waals surface area contributed by atoms with E-state index in [2.05, 4.69) is 37.8 Å². The predicted molar refractivity (Wildman–Crippen MR) is 131 cm³/mol. The van der Waals surface area contributed by atoms with Gasteiger partial charge in [0, 0.05) is 12.1 Å². The molecule has 0 saturated heterocycles. The highest BCUT2D eigenvalue weighted by atomic mass is 32.1. The number of carbonyl (C=O) groups is 3. The molecule has 0 unspecified atom stereocenters. The summed E-state index contributed by atoms with van der Waals surface area (Å²) >= 11 is 1.23. The van der Waals surface area contributed by atoms with Crippen molar-refractivity contribution < 1.29 is 24.6 Å². The molecule has 5 N–H and O–H groups in total. The van der Waals surface area contributed by atoms with Crippen molar-refractivity contribution in [2.24, 2.45) is 0 Å². The Hall–Kier alpha value is -4.43. The van der Waals surface area contributed by atoms with Gasteiger partial charge in [0.05, 0.1) is 28.4 Å². The SMILES string of the molecule is Cc1nc(NCC#Cc2cccc(O)c2)nc(C)c1C(=O)N[C@@H](CNC(=O)c1cccs1)C(=O)O. The predicted octanol–water partition coefficient (Wildman–Crippen LogP) is 1.94. The van der Waals surface area contributed by atoms with Crippen LogP contribution in [0.4, 0.5) is 5.95 Å². The van der Waals surface area contributed by atoms with E-state index in [0.717, 1.165) is 0 Å². The molecular formula is C24H23N5O5S. The number of aliphatic carboxylic acids is 1. The number of carboxylic acid groups (broad SMARTS) is 1. The number of carbonyl (C=O) groups excluding carboxylic acids is 2. The van der Waals surface area contributed by atoms with Crippen LogP contribution >= 0.6 is 11.3 Å². The quantitative estimate of drug-likeness (QED) is 0.298. The molecule has 3 aromatic rings. The number of hydrogen-bond acceptors (Lipinski definition) is 8. The number of aryl methyl sites for hydroxylation is 2. The van der Waals surface area contributed by atoms with E-state index in [-0.39, 0.29) is 30.4 Å². The highest BCUT2D eigenvalue weighted by Crippen LogP contribution is 2.13. The number of aromatic hydroxyl groups is 1. The van der Waals surface area contributed by atoms with E-state index in [1.165, 1.54) is 11.3 Å². The minimum atomic E-state index is -1.34. The van der Waals surface area contributed by atoms with Gasteiger partial charge >= 0.3 is 5.97 Å². The van der Waals surface area contributed by atoms with E-state index < -0.39 is 23.8 Å². The largest absolute Gasteiger partial charge is 0.508 e. The van der Waals surface area contributed by atoms with E-state index in [9.17, 15) is 24.6 Å². The van der Waals surface area contributed by atoms with Gasteiger partial charge in [0.1, 0.15) is 11.8 Å². The van der Waals surface area contributed by atoms with Crippen LogP contribution in [0.25, 0.3) is 0 Å². The van der Waals surface area contributed by atoms with Gasteiger partial charge in [-0.1, -0.05) is 24.0 Å². The number of benzene rings is 1. The van der Waals surface area contributed by atoms with Crippen molar-refractivity contribution in [3.8, 4) is 17.6 Å². The van der Waals surface area contributed by atoms with Gasteiger partial charge in [-0.2, -0.15) is 0 Å². The zero-order valence-corrected chi connectivity index (χ0v) is 19.8. The number of thiophene rings is 1. The summed E-state index contributed by atoms with van der Waals surface area (Å²) in [7, 11) is 0. The van der Waals surface area contributed by atoms with Crippen molar-refractivity contribution >= 4 is 35.1 Å². The Morgan fingerprint density at radius 3 is 2.46 bits per heavy atom. The lowest BCUT2D eigenvalue weighted by Gasteiger charge is -2.17. The Labute approximate surface area is 205 Å². The standard InChI is InChI=1S/C24H23N5O5S/c1-14-20(22(32)29-18(23(33)34)13-26-21(31)19-9-5-11-35-19)15(2)28-24(27-14)25-10-4-7-16-6-3-8-17(30)12-16/h3,5-6,8-9,11-12,18,30H,10,13H2,1-2H3,(H,26,31)(H,29,32)(H,33,34)(H,25,27,28)/t18-/m0/s1. The maximum absolute atomic E-state index is 12.8. The van der Waals surface area contributed by atoms with E-state index in [1.54, 1.807) is 55.6 Å². The summed E-state index contributed by atoms with van der Waals surface area (Å²) < 4.78 is 0. The normalized spacial score (nSPS) is 11.0. The fraction of sp³-hybridized carbons (Fsp3) is 0.208. The summed E-state index contributed by atoms with van der Waals surface area (Å²) in [6.07, 6.45) is 0. The smallest absolute Gasteiger partial charge is 0.328 e. The minimum Gasteiger partial charge on any atom is -0.508 e. The summed E-state index contributed by atoms with van der Waals surface area (Å²) in [4.78, 5) is 45.5. The third-order valence-electron chi connectivity index (χ3n) is 4.73. The molecule has 2 aromatic heterocycles. The van der Waals surface area contributed by atoms with Crippen molar-refractivity contribution in [1.82, 2.24) is 20.6 Å². The van der Waals surface area contributed by atoms with E-state index >= 15 is 0 Å². The molecule has 10 nitrogen and oxygen atoms in total. The molecule has 0 radical (unpaired) electrons. The molecule has 180 valence electrons. The van der Waals surface area contributed by atoms with Gasteiger partial charge < -0.3 is 26.2 Å². The highest BCUT2D eigenvalue weighted by molar-refractivity contribution is 7.12. The number of hydrogen-bond donors (Lipinski definition) is 5. The van der Waals surface area contributed by atoms with Crippen molar-refractivity contribution in [2.75, 3.05) is 18.4 Å². The number of carboxylic acids is 1. The van der Waals surface area contributed by atoms with Gasteiger partial charge in [-0.25, -0.2) is 14.8 Å². The first-order valence-corrected chi connectivity index (χ1v) is 11.3. The molecule has 2 heterocycles. The van der Waals surface area contributed by atoms with Crippen LogP contribution in [0.2, 0.25) is 0 Å². The monoisotopic (exact) mass is 493 g/mol. The van der Waals surface area contributed by atoms with Gasteiger partial charge in [0.15, 0.2) is 0 Å². The van der Waals surface area contributed by atoms with Gasteiger partial charge in [-0.15, -0.1) is 11.3 Å².